The van der Waals surface area contributed by atoms with Gasteiger partial charge in [-0.2, -0.15) is 0 Å². The Labute approximate surface area is 186 Å². The molecule has 0 heterocycles. The fourth-order valence-corrected chi connectivity index (χ4v) is 3.92. The fraction of sp³-hybridized carbons (Fsp3) is 0.375. The van der Waals surface area contributed by atoms with Crippen LogP contribution in [0.3, 0.4) is 0 Å². The Bertz CT molecular complexity index is 946. The van der Waals surface area contributed by atoms with Gasteiger partial charge in [0.05, 0.1) is 6.10 Å². The van der Waals surface area contributed by atoms with Crippen molar-refractivity contribution in [1.29, 1.82) is 0 Å². The highest BCUT2D eigenvalue weighted by atomic mass is 16.5. The Balaban J connectivity index is 1.53. The summed E-state index contributed by atoms with van der Waals surface area (Å²) >= 11 is 0. The number of alkyl carbamates (subject to hydrolysis) is 1. The maximum Gasteiger partial charge on any atom is 0.407 e. The Kier molecular flexibility index (Phi) is 7.48. The number of carbonyl (C=O) groups excluding carboxylic acids is 2. The number of nitrogens with one attached hydrogen (secondary N) is 2. The molecule has 3 N–H and O–H groups in total. The number of aliphatic carboxylic acids is 1. The summed E-state index contributed by atoms with van der Waals surface area (Å²) in [6.07, 6.45) is -1.42. The number of carbonyl (C=O) groups is 3. The summed E-state index contributed by atoms with van der Waals surface area (Å²) in [4.78, 5) is 35.8. The minimum absolute atomic E-state index is 0.0568. The summed E-state index contributed by atoms with van der Waals surface area (Å²) in [5.41, 5.74) is 4.50. The molecule has 1 aliphatic rings. The molecule has 2 amide bonds. The van der Waals surface area contributed by atoms with E-state index >= 15 is 0 Å². The number of hydrogen-bond donors (Lipinski definition) is 3. The monoisotopic (exact) mass is 440 g/mol. The van der Waals surface area contributed by atoms with E-state index < -0.39 is 36.2 Å². The third-order valence-corrected chi connectivity index (χ3v) is 5.62. The van der Waals surface area contributed by atoms with E-state index in [1.807, 2.05) is 36.4 Å². The summed E-state index contributed by atoms with van der Waals surface area (Å²) in [5.74, 6) is -1.75. The minimum Gasteiger partial charge on any atom is -0.480 e. The van der Waals surface area contributed by atoms with Crippen LogP contribution in [0.1, 0.15) is 37.3 Å². The second kappa shape index (κ2) is 10.3. The molecule has 8 heteroatoms. The highest BCUT2D eigenvalue weighted by Gasteiger charge is 2.30. The molecule has 0 saturated heterocycles. The molecule has 0 bridgehead atoms. The predicted molar refractivity (Wildman–Crippen MR) is 118 cm³/mol. The molecule has 0 radical (unpaired) electrons. The SMILES string of the molecule is CO[C@H](C)[C@H](NC(=O)CC(C)NC(=O)OCC1c2ccccc2-c2ccccc21)C(=O)O. The molecule has 2 aromatic carbocycles. The van der Waals surface area contributed by atoms with Crippen molar-refractivity contribution in [2.75, 3.05) is 13.7 Å². The van der Waals surface area contributed by atoms with E-state index in [9.17, 15) is 19.5 Å². The van der Waals surface area contributed by atoms with Gasteiger partial charge in [-0.15, -0.1) is 0 Å². The first-order valence-electron chi connectivity index (χ1n) is 10.5. The van der Waals surface area contributed by atoms with Gasteiger partial charge in [0, 0.05) is 25.5 Å². The Hall–Kier alpha value is -3.39. The van der Waals surface area contributed by atoms with E-state index in [2.05, 4.69) is 22.8 Å². The van der Waals surface area contributed by atoms with Crippen molar-refractivity contribution in [2.24, 2.45) is 0 Å². The molecule has 2 aromatic rings. The maximum absolute atomic E-state index is 12.3. The first-order valence-corrected chi connectivity index (χ1v) is 10.5. The minimum atomic E-state index is -1.19. The van der Waals surface area contributed by atoms with Crippen LogP contribution in [0.2, 0.25) is 0 Å². The molecule has 3 atom stereocenters. The van der Waals surface area contributed by atoms with Gasteiger partial charge in [0.15, 0.2) is 6.04 Å². The number of carboxylic acids is 1. The zero-order chi connectivity index (χ0) is 23.3. The lowest BCUT2D eigenvalue weighted by atomic mass is 9.98. The molecule has 32 heavy (non-hydrogen) atoms. The van der Waals surface area contributed by atoms with Gasteiger partial charge < -0.3 is 25.2 Å². The lowest BCUT2D eigenvalue weighted by Crippen LogP contribution is -2.49. The van der Waals surface area contributed by atoms with Crippen LogP contribution in [-0.2, 0) is 19.1 Å². The Morgan fingerprint density at radius 2 is 1.53 bits per heavy atom. The normalized spacial score (nSPS) is 15.1. The van der Waals surface area contributed by atoms with Crippen molar-refractivity contribution in [1.82, 2.24) is 10.6 Å². The van der Waals surface area contributed by atoms with Crippen LogP contribution in [0.5, 0.6) is 0 Å². The van der Waals surface area contributed by atoms with Gasteiger partial charge in [-0.1, -0.05) is 48.5 Å². The lowest BCUT2D eigenvalue weighted by molar-refractivity contribution is -0.145. The number of carboxylic acid groups (broad SMARTS) is 1. The van der Waals surface area contributed by atoms with Crippen molar-refractivity contribution >= 4 is 18.0 Å². The van der Waals surface area contributed by atoms with E-state index in [0.29, 0.717) is 0 Å². The van der Waals surface area contributed by atoms with E-state index in [4.69, 9.17) is 9.47 Å². The van der Waals surface area contributed by atoms with Gasteiger partial charge in [-0.25, -0.2) is 9.59 Å². The summed E-state index contributed by atoms with van der Waals surface area (Å²) in [5, 5.41) is 14.3. The number of methoxy groups -OCH3 is 1. The molecule has 1 unspecified atom stereocenters. The number of hydrogen-bond acceptors (Lipinski definition) is 5. The molecular formula is C24H28N2O6. The molecule has 0 spiro atoms. The van der Waals surface area contributed by atoms with Gasteiger partial charge in [0.1, 0.15) is 6.61 Å². The number of amides is 2. The summed E-state index contributed by atoms with van der Waals surface area (Å²) in [7, 11) is 1.37. The summed E-state index contributed by atoms with van der Waals surface area (Å²) in [6, 6.07) is 14.4. The molecule has 170 valence electrons. The predicted octanol–water partition coefficient (Wildman–Crippen LogP) is 2.91. The average molecular weight is 440 g/mol. The highest BCUT2D eigenvalue weighted by Crippen LogP contribution is 2.44. The van der Waals surface area contributed by atoms with Gasteiger partial charge in [-0.3, -0.25) is 4.79 Å². The van der Waals surface area contributed by atoms with E-state index in [1.54, 1.807) is 13.8 Å². The number of fused-ring (bicyclic) bond motifs is 3. The van der Waals surface area contributed by atoms with Crippen LogP contribution < -0.4 is 10.6 Å². The van der Waals surface area contributed by atoms with Crippen molar-refractivity contribution in [3.63, 3.8) is 0 Å². The second-order valence-electron chi connectivity index (χ2n) is 7.90. The first-order chi connectivity index (χ1) is 15.3. The molecule has 0 aromatic heterocycles. The smallest absolute Gasteiger partial charge is 0.407 e. The molecule has 8 nitrogen and oxygen atoms in total. The topological polar surface area (TPSA) is 114 Å². The summed E-state index contributed by atoms with van der Waals surface area (Å²) in [6.45, 7) is 3.37. The molecule has 0 aliphatic heterocycles. The Morgan fingerprint density at radius 1 is 0.969 bits per heavy atom. The lowest BCUT2D eigenvalue weighted by Gasteiger charge is -2.21. The van der Waals surface area contributed by atoms with Gasteiger partial charge in [0.25, 0.3) is 0 Å². The zero-order valence-electron chi connectivity index (χ0n) is 18.3. The Morgan fingerprint density at radius 3 is 2.06 bits per heavy atom. The third kappa shape index (κ3) is 5.26. The van der Waals surface area contributed by atoms with Crippen molar-refractivity contribution in [2.45, 2.75) is 44.4 Å². The van der Waals surface area contributed by atoms with E-state index in [1.165, 1.54) is 7.11 Å². The van der Waals surface area contributed by atoms with Crippen LogP contribution in [0, 0.1) is 0 Å². The number of rotatable bonds is 9. The third-order valence-electron chi connectivity index (χ3n) is 5.62. The van der Waals surface area contributed by atoms with Crippen LogP contribution in [-0.4, -0.2) is 55.0 Å². The average Bonchev–Trinajstić information content (AvgIpc) is 3.09. The van der Waals surface area contributed by atoms with Crippen molar-refractivity contribution in [3.8, 4) is 11.1 Å². The van der Waals surface area contributed by atoms with Gasteiger partial charge in [-0.05, 0) is 36.1 Å². The van der Waals surface area contributed by atoms with Crippen LogP contribution in [0.4, 0.5) is 4.79 Å². The molecule has 0 saturated carbocycles. The van der Waals surface area contributed by atoms with E-state index in [0.717, 1.165) is 22.3 Å². The fourth-order valence-electron chi connectivity index (χ4n) is 3.92. The zero-order valence-corrected chi connectivity index (χ0v) is 18.3. The van der Waals surface area contributed by atoms with E-state index in [-0.39, 0.29) is 18.9 Å². The maximum atomic E-state index is 12.3. The second-order valence-corrected chi connectivity index (χ2v) is 7.90. The standard InChI is InChI=1S/C24H28N2O6/c1-14(12-21(27)26-22(23(28)29)15(2)31-3)25-24(30)32-13-20-18-10-6-4-8-16(18)17-9-5-7-11-19(17)20/h4-11,14-15,20,22H,12-13H2,1-3H3,(H,25,30)(H,26,27)(H,28,29)/t14?,15-,22+/m1/s1. The van der Waals surface area contributed by atoms with Crippen molar-refractivity contribution in [3.05, 3.63) is 59.7 Å². The molecular weight excluding hydrogens is 412 g/mol. The highest BCUT2D eigenvalue weighted by molar-refractivity contribution is 5.84. The van der Waals surface area contributed by atoms with Gasteiger partial charge in [0.2, 0.25) is 5.91 Å². The number of ether oxygens (including phenoxy) is 2. The van der Waals surface area contributed by atoms with Crippen LogP contribution in [0.25, 0.3) is 11.1 Å². The molecule has 1 aliphatic carbocycles. The quantitative estimate of drug-likeness (QED) is 0.553. The van der Waals surface area contributed by atoms with Gasteiger partial charge >= 0.3 is 12.1 Å². The van der Waals surface area contributed by atoms with Crippen molar-refractivity contribution < 1.29 is 29.0 Å². The number of benzene rings is 2. The molecule has 0 fully saturated rings. The van der Waals surface area contributed by atoms with Crippen LogP contribution >= 0.6 is 0 Å². The van der Waals surface area contributed by atoms with Crippen LogP contribution in [0.15, 0.2) is 48.5 Å². The summed E-state index contributed by atoms with van der Waals surface area (Å²) < 4.78 is 10.5. The largest absolute Gasteiger partial charge is 0.480 e. The first kappa shape index (κ1) is 23.3. The molecule has 3 rings (SSSR count).